The van der Waals surface area contributed by atoms with E-state index >= 15 is 0 Å². The van der Waals surface area contributed by atoms with Gasteiger partial charge in [0, 0.05) is 43.6 Å². The molecule has 4 rings (SSSR count). The van der Waals surface area contributed by atoms with Crippen molar-refractivity contribution in [1.29, 1.82) is 0 Å². The van der Waals surface area contributed by atoms with E-state index in [1.54, 1.807) is 0 Å². The molecule has 1 saturated heterocycles. The number of aromatic amines is 1. The third kappa shape index (κ3) is 2.93. The molecular weight excluding hydrogens is 342 g/mol. The number of H-pyrrole nitrogens is 1. The molecule has 2 atom stereocenters. The zero-order valence-electron chi connectivity index (χ0n) is 14.8. The average Bonchev–Trinajstić information content (AvgIpc) is 3.30. The molecule has 3 heterocycles. The summed E-state index contributed by atoms with van der Waals surface area (Å²) in [6, 6.07) is 18.5. The lowest BCUT2D eigenvalue weighted by Gasteiger charge is -2.27. The molecule has 0 spiro atoms. The minimum atomic E-state index is -0.0177. The van der Waals surface area contributed by atoms with Gasteiger partial charge in [-0.3, -0.25) is 4.98 Å². The lowest BCUT2D eigenvalue weighted by atomic mass is 10.0. The smallest absolute Gasteiger partial charge is 0.174 e. The first kappa shape index (κ1) is 16.6. The molecule has 0 amide bonds. The van der Waals surface area contributed by atoms with Crippen LogP contribution in [0.5, 0.6) is 0 Å². The number of aromatic nitrogens is 2. The third-order valence-corrected chi connectivity index (χ3v) is 5.00. The molecule has 0 radical (unpaired) electrons. The number of nitrogens with zero attached hydrogens (tertiary/aromatic N) is 3. The number of pyridine rings is 1. The Hall–Kier alpha value is -2.86. The van der Waals surface area contributed by atoms with Crippen molar-refractivity contribution in [3.63, 3.8) is 0 Å². The standard InChI is InChI=1S/C20H21N5S/c1-24(2)14-8-10-15(11-9-14)25-19(17-7-5-13-22-17)18(23-20(25)26)16-6-3-4-12-21-16/h3-13,18-19,22H,1-2H3,(H,23,26). The van der Waals surface area contributed by atoms with Crippen LogP contribution in [0.25, 0.3) is 0 Å². The van der Waals surface area contributed by atoms with E-state index in [-0.39, 0.29) is 12.1 Å². The van der Waals surface area contributed by atoms with Crippen LogP contribution in [-0.2, 0) is 0 Å². The van der Waals surface area contributed by atoms with Crippen LogP contribution in [0.15, 0.2) is 67.0 Å². The molecule has 1 aliphatic rings. The van der Waals surface area contributed by atoms with Gasteiger partial charge in [-0.05, 0) is 60.7 Å². The van der Waals surface area contributed by atoms with Gasteiger partial charge in [-0.15, -0.1) is 0 Å². The molecule has 2 unspecified atom stereocenters. The summed E-state index contributed by atoms with van der Waals surface area (Å²) >= 11 is 5.70. The zero-order valence-corrected chi connectivity index (χ0v) is 15.6. The van der Waals surface area contributed by atoms with E-state index < -0.39 is 0 Å². The Morgan fingerprint density at radius 2 is 1.85 bits per heavy atom. The molecule has 2 N–H and O–H groups in total. The number of hydrogen-bond acceptors (Lipinski definition) is 3. The van der Waals surface area contributed by atoms with E-state index in [1.165, 1.54) is 0 Å². The van der Waals surface area contributed by atoms with Gasteiger partial charge in [-0.1, -0.05) is 6.07 Å². The Balaban J connectivity index is 1.76. The second-order valence-electron chi connectivity index (χ2n) is 6.53. The van der Waals surface area contributed by atoms with Crippen molar-refractivity contribution in [1.82, 2.24) is 15.3 Å². The Bertz CT molecular complexity index is 874. The summed E-state index contributed by atoms with van der Waals surface area (Å²) < 4.78 is 0. The van der Waals surface area contributed by atoms with E-state index in [4.69, 9.17) is 12.2 Å². The summed E-state index contributed by atoms with van der Waals surface area (Å²) in [6.45, 7) is 0. The maximum atomic E-state index is 5.70. The molecule has 2 aromatic heterocycles. The van der Waals surface area contributed by atoms with Crippen LogP contribution in [-0.4, -0.2) is 29.2 Å². The summed E-state index contributed by atoms with van der Waals surface area (Å²) in [5.74, 6) is 0. The number of thiocarbonyl (C=S) groups is 1. The Labute approximate surface area is 158 Å². The van der Waals surface area contributed by atoms with E-state index in [0.29, 0.717) is 5.11 Å². The van der Waals surface area contributed by atoms with Crippen LogP contribution in [0.1, 0.15) is 23.5 Å². The minimum Gasteiger partial charge on any atom is -0.378 e. The average molecular weight is 363 g/mol. The number of hydrogen-bond donors (Lipinski definition) is 2. The number of anilines is 2. The van der Waals surface area contributed by atoms with Gasteiger partial charge in [0.25, 0.3) is 0 Å². The molecule has 5 nitrogen and oxygen atoms in total. The zero-order chi connectivity index (χ0) is 18.1. The van der Waals surface area contributed by atoms with Crippen molar-refractivity contribution in [2.75, 3.05) is 23.9 Å². The fourth-order valence-corrected chi connectivity index (χ4v) is 3.73. The fourth-order valence-electron chi connectivity index (χ4n) is 3.39. The van der Waals surface area contributed by atoms with Crippen LogP contribution in [0.2, 0.25) is 0 Å². The van der Waals surface area contributed by atoms with Crippen molar-refractivity contribution < 1.29 is 0 Å². The molecule has 0 bridgehead atoms. The fraction of sp³-hybridized carbons (Fsp3) is 0.200. The van der Waals surface area contributed by atoms with Crippen LogP contribution < -0.4 is 15.1 Å². The topological polar surface area (TPSA) is 47.2 Å². The SMILES string of the molecule is CN(C)c1ccc(N2C(=S)NC(c3ccccn3)C2c2ccc[nH]2)cc1. The van der Waals surface area contributed by atoms with Crippen molar-refractivity contribution in [3.05, 3.63) is 78.4 Å². The highest BCUT2D eigenvalue weighted by atomic mass is 32.1. The van der Waals surface area contributed by atoms with Crippen molar-refractivity contribution in [2.24, 2.45) is 0 Å². The van der Waals surface area contributed by atoms with Gasteiger partial charge in [0.1, 0.15) is 6.04 Å². The van der Waals surface area contributed by atoms with Gasteiger partial charge in [-0.25, -0.2) is 0 Å². The lowest BCUT2D eigenvalue weighted by molar-refractivity contribution is 0.558. The monoisotopic (exact) mass is 363 g/mol. The minimum absolute atomic E-state index is 0.0117. The molecule has 3 aromatic rings. The van der Waals surface area contributed by atoms with Gasteiger partial charge in [0.15, 0.2) is 5.11 Å². The summed E-state index contributed by atoms with van der Waals surface area (Å²) in [4.78, 5) is 12.2. The van der Waals surface area contributed by atoms with Crippen LogP contribution in [0, 0.1) is 0 Å². The summed E-state index contributed by atoms with van der Waals surface area (Å²) in [5, 5.41) is 4.17. The van der Waals surface area contributed by atoms with Crippen molar-refractivity contribution >= 4 is 28.7 Å². The predicted molar refractivity (Wildman–Crippen MR) is 109 cm³/mol. The number of nitrogens with one attached hydrogen (secondary N) is 2. The van der Waals surface area contributed by atoms with Crippen LogP contribution in [0.4, 0.5) is 11.4 Å². The highest BCUT2D eigenvalue weighted by molar-refractivity contribution is 7.80. The first-order valence-corrected chi connectivity index (χ1v) is 8.97. The molecule has 1 aliphatic heterocycles. The van der Waals surface area contributed by atoms with E-state index in [9.17, 15) is 0 Å². The first-order chi connectivity index (χ1) is 12.6. The third-order valence-electron chi connectivity index (χ3n) is 4.68. The lowest BCUT2D eigenvalue weighted by Crippen LogP contribution is -2.29. The van der Waals surface area contributed by atoms with Crippen molar-refractivity contribution in [2.45, 2.75) is 12.1 Å². The van der Waals surface area contributed by atoms with Gasteiger partial charge in [-0.2, -0.15) is 0 Å². The number of benzene rings is 1. The second kappa shape index (κ2) is 6.80. The van der Waals surface area contributed by atoms with Gasteiger partial charge >= 0.3 is 0 Å². The van der Waals surface area contributed by atoms with Crippen LogP contribution >= 0.6 is 12.2 Å². The Morgan fingerprint density at radius 3 is 2.46 bits per heavy atom. The highest BCUT2D eigenvalue weighted by Gasteiger charge is 2.41. The van der Waals surface area contributed by atoms with Crippen LogP contribution in [0.3, 0.4) is 0 Å². The molecule has 1 aromatic carbocycles. The molecule has 0 aliphatic carbocycles. The maximum absolute atomic E-state index is 5.70. The maximum Gasteiger partial charge on any atom is 0.174 e. The van der Waals surface area contributed by atoms with Gasteiger partial charge in [0.2, 0.25) is 0 Å². The van der Waals surface area contributed by atoms with Crippen molar-refractivity contribution in [3.8, 4) is 0 Å². The Kier molecular flexibility index (Phi) is 4.34. The summed E-state index contributed by atoms with van der Waals surface area (Å²) in [6.07, 6.45) is 3.76. The largest absolute Gasteiger partial charge is 0.378 e. The van der Waals surface area contributed by atoms with E-state index in [0.717, 1.165) is 22.8 Å². The number of rotatable bonds is 4. The van der Waals surface area contributed by atoms with E-state index in [2.05, 4.69) is 55.4 Å². The quantitative estimate of drug-likeness (QED) is 0.693. The second-order valence-corrected chi connectivity index (χ2v) is 6.92. The molecule has 1 fully saturated rings. The molecule has 26 heavy (non-hydrogen) atoms. The highest BCUT2D eigenvalue weighted by Crippen LogP contribution is 2.40. The predicted octanol–water partition coefficient (Wildman–Crippen LogP) is 3.65. The van der Waals surface area contributed by atoms with Gasteiger partial charge in [0.05, 0.1) is 11.7 Å². The molecule has 6 heteroatoms. The first-order valence-electron chi connectivity index (χ1n) is 8.56. The van der Waals surface area contributed by atoms with Gasteiger partial charge < -0.3 is 20.1 Å². The summed E-state index contributed by atoms with van der Waals surface area (Å²) in [7, 11) is 4.08. The molecular formula is C20H21N5S. The Morgan fingerprint density at radius 1 is 1.04 bits per heavy atom. The molecule has 132 valence electrons. The summed E-state index contributed by atoms with van der Waals surface area (Å²) in [5.41, 5.74) is 4.29. The normalized spacial score (nSPS) is 19.5. The van der Waals surface area contributed by atoms with E-state index in [1.807, 2.05) is 50.8 Å². The molecule has 0 saturated carbocycles.